The van der Waals surface area contributed by atoms with Gasteiger partial charge in [-0.2, -0.15) is 0 Å². The molecule has 0 aliphatic carbocycles. The van der Waals surface area contributed by atoms with E-state index in [0.717, 1.165) is 30.0 Å². The van der Waals surface area contributed by atoms with Crippen LogP contribution >= 0.6 is 0 Å². The highest BCUT2D eigenvalue weighted by molar-refractivity contribution is 5.96. The lowest BCUT2D eigenvalue weighted by Gasteiger charge is -2.29. The van der Waals surface area contributed by atoms with Crippen LogP contribution in [0.5, 0.6) is 0 Å². The second-order valence-corrected chi connectivity index (χ2v) is 7.27. The zero-order valence-electron chi connectivity index (χ0n) is 16.0. The number of rotatable bonds is 5. The minimum atomic E-state index is -0.309. The molecule has 1 fully saturated rings. The van der Waals surface area contributed by atoms with Gasteiger partial charge in [-0.3, -0.25) is 4.79 Å². The first-order valence-electron chi connectivity index (χ1n) is 9.52. The zero-order chi connectivity index (χ0) is 18.5. The fraction of sp³-hybridized carbons (Fsp3) is 0.409. The van der Waals surface area contributed by atoms with E-state index in [2.05, 4.69) is 52.8 Å². The lowest BCUT2D eigenvalue weighted by molar-refractivity contribution is -0.116. The SMILES string of the molecule is Cc1ccc(NC(=O)[C@@H](C)Nc2ccc(N3CCCCC3)cc2)c(C)c1. The van der Waals surface area contributed by atoms with E-state index in [1.165, 1.54) is 30.5 Å². The zero-order valence-corrected chi connectivity index (χ0v) is 16.0. The predicted molar refractivity (Wildman–Crippen MR) is 110 cm³/mol. The quantitative estimate of drug-likeness (QED) is 0.818. The number of anilines is 3. The van der Waals surface area contributed by atoms with Crippen LogP contribution in [0.3, 0.4) is 0 Å². The maximum atomic E-state index is 12.5. The van der Waals surface area contributed by atoms with Crippen molar-refractivity contribution in [2.75, 3.05) is 28.6 Å². The van der Waals surface area contributed by atoms with E-state index < -0.39 is 0 Å². The van der Waals surface area contributed by atoms with E-state index in [1.54, 1.807) is 0 Å². The lowest BCUT2D eigenvalue weighted by Crippen LogP contribution is -2.32. The number of piperidine rings is 1. The molecule has 1 aliphatic heterocycles. The van der Waals surface area contributed by atoms with Gasteiger partial charge in [0.05, 0.1) is 0 Å². The Morgan fingerprint density at radius 1 is 1.00 bits per heavy atom. The van der Waals surface area contributed by atoms with Crippen molar-refractivity contribution in [3.8, 4) is 0 Å². The molecule has 2 aromatic carbocycles. The Kier molecular flexibility index (Phi) is 5.82. The van der Waals surface area contributed by atoms with E-state index >= 15 is 0 Å². The molecule has 0 unspecified atom stereocenters. The van der Waals surface area contributed by atoms with Crippen molar-refractivity contribution in [3.05, 3.63) is 53.6 Å². The molecule has 0 radical (unpaired) electrons. The highest BCUT2D eigenvalue weighted by Gasteiger charge is 2.15. The van der Waals surface area contributed by atoms with Gasteiger partial charge in [0.25, 0.3) is 0 Å². The van der Waals surface area contributed by atoms with Gasteiger partial charge in [-0.05, 0) is 75.9 Å². The molecule has 0 spiro atoms. The summed E-state index contributed by atoms with van der Waals surface area (Å²) in [6.45, 7) is 8.23. The third kappa shape index (κ3) is 4.57. The van der Waals surface area contributed by atoms with Crippen molar-refractivity contribution in [3.63, 3.8) is 0 Å². The molecule has 0 aromatic heterocycles. The largest absolute Gasteiger partial charge is 0.374 e. The molecule has 138 valence electrons. The summed E-state index contributed by atoms with van der Waals surface area (Å²) in [6, 6.07) is 14.1. The van der Waals surface area contributed by atoms with Gasteiger partial charge >= 0.3 is 0 Å². The summed E-state index contributed by atoms with van der Waals surface area (Å²) in [5.74, 6) is -0.0305. The number of nitrogens with zero attached hydrogens (tertiary/aromatic N) is 1. The number of hydrogen-bond donors (Lipinski definition) is 2. The van der Waals surface area contributed by atoms with Crippen LogP contribution in [0.25, 0.3) is 0 Å². The van der Waals surface area contributed by atoms with Crippen molar-refractivity contribution < 1.29 is 4.79 Å². The van der Waals surface area contributed by atoms with E-state index in [0.29, 0.717) is 0 Å². The van der Waals surface area contributed by atoms with Crippen LogP contribution < -0.4 is 15.5 Å². The summed E-state index contributed by atoms with van der Waals surface area (Å²) >= 11 is 0. The van der Waals surface area contributed by atoms with Gasteiger partial charge in [0.1, 0.15) is 6.04 Å². The average Bonchev–Trinajstić information content (AvgIpc) is 2.65. The third-order valence-electron chi connectivity index (χ3n) is 5.00. The monoisotopic (exact) mass is 351 g/mol. The molecular formula is C22H29N3O. The minimum Gasteiger partial charge on any atom is -0.374 e. The molecule has 3 rings (SSSR count). The van der Waals surface area contributed by atoms with Crippen LogP contribution in [0, 0.1) is 13.8 Å². The molecule has 1 heterocycles. The summed E-state index contributed by atoms with van der Waals surface area (Å²) in [4.78, 5) is 14.9. The second kappa shape index (κ2) is 8.26. The highest BCUT2D eigenvalue weighted by atomic mass is 16.2. The highest BCUT2D eigenvalue weighted by Crippen LogP contribution is 2.22. The summed E-state index contributed by atoms with van der Waals surface area (Å²) in [5, 5.41) is 6.30. The normalized spacial score (nSPS) is 15.4. The molecular weight excluding hydrogens is 322 g/mol. The van der Waals surface area contributed by atoms with Crippen molar-refractivity contribution in [1.82, 2.24) is 0 Å². The van der Waals surface area contributed by atoms with Gasteiger partial charge in [0.15, 0.2) is 0 Å². The standard InChI is InChI=1S/C22H29N3O/c1-16-7-12-21(17(2)15-16)24-22(26)18(3)23-19-8-10-20(11-9-19)25-13-5-4-6-14-25/h7-12,15,18,23H,4-6,13-14H2,1-3H3,(H,24,26)/t18-/m1/s1. The topological polar surface area (TPSA) is 44.4 Å². The van der Waals surface area contributed by atoms with Gasteiger partial charge in [-0.1, -0.05) is 17.7 Å². The number of amides is 1. The Labute approximate surface area is 156 Å². The molecule has 4 nitrogen and oxygen atoms in total. The van der Waals surface area contributed by atoms with Crippen LogP contribution in [0.15, 0.2) is 42.5 Å². The summed E-state index contributed by atoms with van der Waals surface area (Å²) < 4.78 is 0. The van der Waals surface area contributed by atoms with E-state index in [4.69, 9.17) is 0 Å². The number of carbonyl (C=O) groups is 1. The van der Waals surface area contributed by atoms with Crippen molar-refractivity contribution in [2.24, 2.45) is 0 Å². The summed E-state index contributed by atoms with van der Waals surface area (Å²) in [7, 11) is 0. The number of hydrogen-bond acceptors (Lipinski definition) is 3. The number of nitrogens with one attached hydrogen (secondary N) is 2. The molecule has 0 bridgehead atoms. The number of benzene rings is 2. The number of aryl methyl sites for hydroxylation is 2. The fourth-order valence-corrected chi connectivity index (χ4v) is 3.43. The van der Waals surface area contributed by atoms with Crippen LogP contribution in [0.1, 0.15) is 37.3 Å². The van der Waals surface area contributed by atoms with E-state index in [1.807, 2.05) is 26.0 Å². The van der Waals surface area contributed by atoms with Gasteiger partial charge < -0.3 is 15.5 Å². The van der Waals surface area contributed by atoms with E-state index in [9.17, 15) is 4.79 Å². The second-order valence-electron chi connectivity index (χ2n) is 7.27. The lowest BCUT2D eigenvalue weighted by atomic mass is 10.1. The molecule has 2 aromatic rings. The first-order valence-corrected chi connectivity index (χ1v) is 9.52. The molecule has 1 amide bonds. The fourth-order valence-electron chi connectivity index (χ4n) is 3.43. The van der Waals surface area contributed by atoms with Crippen LogP contribution in [-0.4, -0.2) is 25.0 Å². The molecule has 1 saturated heterocycles. The van der Waals surface area contributed by atoms with E-state index in [-0.39, 0.29) is 11.9 Å². The number of carbonyl (C=O) groups excluding carboxylic acids is 1. The summed E-state index contributed by atoms with van der Waals surface area (Å²) in [6.07, 6.45) is 3.88. The Morgan fingerprint density at radius 3 is 2.35 bits per heavy atom. The van der Waals surface area contributed by atoms with Crippen LogP contribution in [0.4, 0.5) is 17.1 Å². The minimum absolute atomic E-state index is 0.0305. The smallest absolute Gasteiger partial charge is 0.246 e. The Bertz CT molecular complexity index is 748. The molecule has 1 aliphatic rings. The molecule has 4 heteroatoms. The Morgan fingerprint density at radius 2 is 1.69 bits per heavy atom. The predicted octanol–water partition coefficient (Wildman–Crippen LogP) is 4.73. The molecule has 1 atom stereocenters. The maximum absolute atomic E-state index is 12.5. The first-order chi connectivity index (χ1) is 12.5. The molecule has 2 N–H and O–H groups in total. The first kappa shape index (κ1) is 18.3. The Hall–Kier alpha value is -2.49. The maximum Gasteiger partial charge on any atom is 0.246 e. The average molecular weight is 351 g/mol. The van der Waals surface area contributed by atoms with Gasteiger partial charge in [0.2, 0.25) is 5.91 Å². The van der Waals surface area contributed by atoms with Crippen LogP contribution in [-0.2, 0) is 4.79 Å². The van der Waals surface area contributed by atoms with Crippen LogP contribution in [0.2, 0.25) is 0 Å². The van der Waals surface area contributed by atoms with Crippen molar-refractivity contribution in [1.29, 1.82) is 0 Å². The van der Waals surface area contributed by atoms with Gasteiger partial charge in [0, 0.05) is 30.2 Å². The molecule has 26 heavy (non-hydrogen) atoms. The van der Waals surface area contributed by atoms with Gasteiger partial charge in [-0.25, -0.2) is 0 Å². The molecule has 0 saturated carbocycles. The third-order valence-corrected chi connectivity index (χ3v) is 5.00. The van der Waals surface area contributed by atoms with Crippen molar-refractivity contribution >= 4 is 23.0 Å². The summed E-state index contributed by atoms with van der Waals surface area (Å²) in [5.41, 5.74) is 5.38. The Balaban J connectivity index is 1.58. The van der Waals surface area contributed by atoms with Crippen molar-refractivity contribution in [2.45, 2.75) is 46.1 Å². The van der Waals surface area contributed by atoms with Gasteiger partial charge in [-0.15, -0.1) is 0 Å².